The van der Waals surface area contributed by atoms with Gasteiger partial charge in [-0.15, -0.1) is 0 Å². The summed E-state index contributed by atoms with van der Waals surface area (Å²) in [7, 11) is 0. The molecule has 0 bridgehead atoms. The van der Waals surface area contributed by atoms with Crippen LogP contribution in [0.1, 0.15) is 34.4 Å². The van der Waals surface area contributed by atoms with Crippen molar-refractivity contribution in [2.45, 2.75) is 12.8 Å². The van der Waals surface area contributed by atoms with E-state index in [4.69, 9.17) is 4.42 Å². The quantitative estimate of drug-likeness (QED) is 0.190. The van der Waals surface area contributed by atoms with Crippen LogP contribution in [0.5, 0.6) is 0 Å². The van der Waals surface area contributed by atoms with Crippen LogP contribution in [0.4, 0.5) is 0 Å². The van der Waals surface area contributed by atoms with Crippen LogP contribution in [0.3, 0.4) is 0 Å². The van der Waals surface area contributed by atoms with Crippen molar-refractivity contribution in [2.24, 2.45) is 0 Å². The first-order chi connectivity index (χ1) is 25.2. The third-order valence-corrected chi connectivity index (χ3v) is 10.2. The van der Waals surface area contributed by atoms with Crippen molar-refractivity contribution in [3.8, 4) is 40.7 Å². The first-order valence-electron chi connectivity index (χ1n) is 16.8. The van der Waals surface area contributed by atoms with E-state index in [-0.39, 0.29) is 0 Å². The maximum Gasteiger partial charge on any atom is 0.137 e. The van der Waals surface area contributed by atoms with Gasteiger partial charge in [0.05, 0.1) is 56.8 Å². The predicted octanol–water partition coefficient (Wildman–Crippen LogP) is 10.9. The maximum atomic E-state index is 10.7. The van der Waals surface area contributed by atoms with Crippen LogP contribution >= 0.6 is 0 Å². The molecule has 3 aromatic heterocycles. The van der Waals surface area contributed by atoms with Gasteiger partial charge in [0.2, 0.25) is 0 Å². The highest BCUT2D eigenvalue weighted by atomic mass is 16.3. The van der Waals surface area contributed by atoms with Gasteiger partial charge in [0, 0.05) is 49.7 Å². The second-order valence-electron chi connectivity index (χ2n) is 13.0. The number of furan rings is 1. The average molecular weight is 652 g/mol. The number of hydrogen-bond acceptors (Lipinski definition) is 4. The Morgan fingerprint density at radius 1 is 0.588 bits per heavy atom. The number of aromatic nitrogens is 2. The number of rotatable bonds is 3. The molecule has 51 heavy (non-hydrogen) atoms. The minimum atomic E-state index is 0.369. The van der Waals surface area contributed by atoms with E-state index < -0.39 is 0 Å². The van der Waals surface area contributed by atoms with Gasteiger partial charge in [0.25, 0.3) is 0 Å². The van der Waals surface area contributed by atoms with Crippen molar-refractivity contribution < 1.29 is 4.42 Å². The Hall–Kier alpha value is -7.33. The molecule has 6 heteroatoms. The lowest BCUT2D eigenvalue weighted by Gasteiger charge is -2.17. The van der Waals surface area contributed by atoms with E-state index in [2.05, 4.69) is 75.9 Å². The van der Waals surface area contributed by atoms with Crippen molar-refractivity contribution >= 4 is 60.7 Å². The fraction of sp³-hybridized carbons (Fsp3) is 0.0444. The van der Waals surface area contributed by atoms with Crippen molar-refractivity contribution in [1.82, 2.24) is 9.13 Å². The summed E-state index contributed by atoms with van der Waals surface area (Å²) < 4.78 is 10.7. The van der Waals surface area contributed by atoms with Gasteiger partial charge in [-0.2, -0.15) is 15.8 Å². The van der Waals surface area contributed by atoms with Crippen LogP contribution in [0.2, 0.25) is 0 Å². The maximum absolute atomic E-state index is 10.7. The van der Waals surface area contributed by atoms with Gasteiger partial charge in [-0.1, -0.05) is 66.7 Å². The molecule has 6 aromatic carbocycles. The largest absolute Gasteiger partial charge is 0.456 e. The lowest BCUT2D eigenvalue weighted by atomic mass is 9.92. The topological polar surface area (TPSA) is 94.4 Å². The Morgan fingerprint density at radius 3 is 2.04 bits per heavy atom. The van der Waals surface area contributed by atoms with Crippen LogP contribution in [-0.4, -0.2) is 9.13 Å². The van der Waals surface area contributed by atoms with Gasteiger partial charge in [0.1, 0.15) is 11.2 Å². The zero-order valence-electron chi connectivity index (χ0n) is 27.2. The van der Waals surface area contributed by atoms with E-state index in [0.29, 0.717) is 27.8 Å². The summed E-state index contributed by atoms with van der Waals surface area (Å²) in [6.45, 7) is 0. The van der Waals surface area contributed by atoms with Crippen LogP contribution in [-0.2, 0) is 6.42 Å². The minimum absolute atomic E-state index is 0.369. The van der Waals surface area contributed by atoms with E-state index in [0.717, 1.165) is 84.6 Å². The number of benzene rings is 6. The molecule has 3 heterocycles. The second-order valence-corrected chi connectivity index (χ2v) is 13.0. The summed E-state index contributed by atoms with van der Waals surface area (Å²) in [6.07, 6.45) is 6.15. The predicted molar refractivity (Wildman–Crippen MR) is 202 cm³/mol. The first-order valence-corrected chi connectivity index (χ1v) is 16.8. The Labute approximate surface area is 292 Å². The van der Waals surface area contributed by atoms with Crippen molar-refractivity contribution in [3.63, 3.8) is 0 Å². The van der Waals surface area contributed by atoms with Gasteiger partial charge < -0.3 is 13.6 Å². The number of nitrogens with zero attached hydrogens (tertiary/aromatic N) is 5. The summed E-state index contributed by atoms with van der Waals surface area (Å²) in [4.78, 5) is 0. The molecule has 0 unspecified atom stereocenters. The van der Waals surface area contributed by atoms with E-state index in [1.54, 1.807) is 6.07 Å². The third kappa shape index (κ3) is 4.07. The molecule has 0 spiro atoms. The lowest BCUT2D eigenvalue weighted by Crippen LogP contribution is -2.05. The molecule has 0 saturated heterocycles. The zero-order valence-corrected chi connectivity index (χ0v) is 27.2. The molecule has 236 valence electrons. The normalized spacial score (nSPS) is 12.4. The number of fused-ring (bicyclic) bond motifs is 10. The van der Waals surface area contributed by atoms with E-state index >= 15 is 0 Å². The summed E-state index contributed by atoms with van der Waals surface area (Å²) in [5.41, 5.74) is 10.7. The van der Waals surface area contributed by atoms with E-state index in [9.17, 15) is 15.8 Å². The molecular formula is C45H25N5O. The van der Waals surface area contributed by atoms with Crippen molar-refractivity contribution in [1.29, 1.82) is 15.8 Å². The Morgan fingerprint density at radius 2 is 1.27 bits per heavy atom. The van der Waals surface area contributed by atoms with E-state index in [1.807, 2.05) is 72.8 Å². The third-order valence-electron chi connectivity index (χ3n) is 10.2. The smallest absolute Gasteiger partial charge is 0.137 e. The monoisotopic (exact) mass is 651 g/mol. The molecule has 6 nitrogen and oxygen atoms in total. The zero-order chi connectivity index (χ0) is 34.2. The van der Waals surface area contributed by atoms with Gasteiger partial charge >= 0.3 is 0 Å². The molecule has 10 rings (SSSR count). The van der Waals surface area contributed by atoms with Crippen LogP contribution in [0.15, 0.2) is 126 Å². The molecular weight excluding hydrogens is 627 g/mol. The van der Waals surface area contributed by atoms with Gasteiger partial charge in [-0.3, -0.25) is 0 Å². The van der Waals surface area contributed by atoms with Gasteiger partial charge in [0.15, 0.2) is 0 Å². The molecule has 1 aliphatic carbocycles. The highest BCUT2D eigenvalue weighted by Gasteiger charge is 2.23. The molecule has 0 amide bonds. The van der Waals surface area contributed by atoms with Crippen LogP contribution < -0.4 is 0 Å². The van der Waals surface area contributed by atoms with Crippen LogP contribution in [0, 0.1) is 34.0 Å². The molecule has 0 atom stereocenters. The minimum Gasteiger partial charge on any atom is -0.456 e. The molecule has 0 fully saturated rings. The number of hydrogen-bond donors (Lipinski definition) is 0. The molecule has 9 aromatic rings. The van der Waals surface area contributed by atoms with Gasteiger partial charge in [-0.05, 0) is 79.1 Å². The first kappa shape index (κ1) is 28.7. The fourth-order valence-electron chi connectivity index (χ4n) is 8.19. The highest BCUT2D eigenvalue weighted by Crippen LogP contribution is 2.42. The molecule has 0 radical (unpaired) electrons. The SMILES string of the molecule is N#Cc1cc(-c2c(C#N)cc(-n3c4c(c5ccccc53)C=CCC4)cc2C#N)cc(-n2c3ccccc3c3ccc4oc5ccccc5c4c32)c1. The number of para-hydroxylation sites is 3. The van der Waals surface area contributed by atoms with Crippen LogP contribution in [0.25, 0.3) is 83.2 Å². The summed E-state index contributed by atoms with van der Waals surface area (Å²) in [5.74, 6) is 0. The van der Waals surface area contributed by atoms with Crippen molar-refractivity contribution in [2.75, 3.05) is 0 Å². The Kier molecular flexibility index (Phi) is 6.09. The molecule has 1 aliphatic rings. The summed E-state index contributed by atoms with van der Waals surface area (Å²) >= 11 is 0. The second kappa shape index (κ2) is 10.8. The summed E-state index contributed by atoms with van der Waals surface area (Å²) in [5, 5.41) is 37.0. The molecule has 0 aliphatic heterocycles. The van der Waals surface area contributed by atoms with E-state index in [1.165, 1.54) is 5.56 Å². The average Bonchev–Trinajstić information content (AvgIpc) is 3.85. The number of nitriles is 3. The molecule has 0 N–H and O–H groups in total. The standard InChI is InChI=1S/C45H25N5O/c46-24-27-19-28(43-29(25-47)22-32(23-30(43)26-48)49-38-13-5-1-9-33(38)34-10-2-6-14-39(34)49)21-31(20-27)50-40-15-7-3-11-35(40)36-17-18-42-44(45(36)50)37-12-4-8-16-41(37)51-42/h1-5,7-13,15-23H,6,14H2. The Bertz CT molecular complexity index is 3090. The Balaban J connectivity index is 1.25. The number of allylic oxidation sites excluding steroid dienone is 1. The molecule has 0 saturated carbocycles. The highest BCUT2D eigenvalue weighted by molar-refractivity contribution is 6.24. The van der Waals surface area contributed by atoms with Gasteiger partial charge in [-0.25, -0.2) is 0 Å². The van der Waals surface area contributed by atoms with Crippen molar-refractivity contribution in [3.05, 3.63) is 149 Å². The summed E-state index contributed by atoms with van der Waals surface area (Å²) in [6, 6.07) is 45.2. The lowest BCUT2D eigenvalue weighted by molar-refractivity contribution is 0.669. The fourth-order valence-corrected chi connectivity index (χ4v) is 8.19.